The van der Waals surface area contributed by atoms with Gasteiger partial charge in [-0.3, -0.25) is 9.59 Å². The summed E-state index contributed by atoms with van der Waals surface area (Å²) in [6.07, 6.45) is 2.94. The lowest BCUT2D eigenvalue weighted by atomic mass is 10.2. The van der Waals surface area contributed by atoms with Crippen molar-refractivity contribution in [3.63, 3.8) is 0 Å². The van der Waals surface area contributed by atoms with Gasteiger partial charge in [-0.15, -0.1) is 0 Å². The topological polar surface area (TPSA) is 75.6 Å². The van der Waals surface area contributed by atoms with E-state index in [2.05, 4.69) is 5.32 Å². The van der Waals surface area contributed by atoms with Gasteiger partial charge in [0.1, 0.15) is 5.75 Å². The fraction of sp³-hybridized carbons (Fsp3) is 0.286. The Morgan fingerprint density at radius 3 is 2.53 bits per heavy atom. The Hall–Kier alpha value is -2.30. The van der Waals surface area contributed by atoms with Gasteiger partial charge in [-0.2, -0.15) is 0 Å². The molecule has 1 aromatic rings. The molecule has 0 aliphatic heterocycles. The Morgan fingerprint density at radius 2 is 2.00 bits per heavy atom. The van der Waals surface area contributed by atoms with E-state index in [-0.39, 0.29) is 12.3 Å². The summed E-state index contributed by atoms with van der Waals surface area (Å²) in [5.74, 6) is -0.506. The van der Waals surface area contributed by atoms with E-state index in [1.807, 2.05) is 12.1 Å². The van der Waals surface area contributed by atoms with Gasteiger partial charge >= 0.3 is 5.97 Å². The van der Waals surface area contributed by atoms with Crippen molar-refractivity contribution in [2.45, 2.75) is 19.4 Å². The number of hydrogen-bond donors (Lipinski definition) is 2. The molecule has 0 bridgehead atoms. The van der Waals surface area contributed by atoms with E-state index in [0.717, 1.165) is 11.3 Å². The van der Waals surface area contributed by atoms with Crippen molar-refractivity contribution in [1.29, 1.82) is 0 Å². The Labute approximate surface area is 111 Å². The second kappa shape index (κ2) is 7.20. The summed E-state index contributed by atoms with van der Waals surface area (Å²) in [5.41, 5.74) is 0.863. The summed E-state index contributed by atoms with van der Waals surface area (Å²) in [5, 5.41) is 11.1. The molecule has 0 saturated heterocycles. The fourth-order valence-electron chi connectivity index (χ4n) is 1.49. The van der Waals surface area contributed by atoms with Crippen molar-refractivity contribution in [2.75, 3.05) is 7.11 Å². The second-order valence-corrected chi connectivity index (χ2v) is 4.11. The normalized spacial score (nSPS) is 12.1. The average Bonchev–Trinajstić information content (AvgIpc) is 2.36. The number of aliphatic carboxylic acids is 1. The van der Waals surface area contributed by atoms with Crippen LogP contribution in [0.25, 0.3) is 6.08 Å². The van der Waals surface area contributed by atoms with Crippen LogP contribution in [0.1, 0.15) is 18.9 Å². The third-order valence-electron chi connectivity index (χ3n) is 2.41. The molecule has 5 nitrogen and oxygen atoms in total. The quantitative estimate of drug-likeness (QED) is 0.766. The second-order valence-electron chi connectivity index (χ2n) is 4.11. The average molecular weight is 263 g/mol. The molecule has 19 heavy (non-hydrogen) atoms. The first-order chi connectivity index (χ1) is 9.01. The zero-order chi connectivity index (χ0) is 14.3. The number of carbonyl (C=O) groups excluding carboxylic acids is 1. The molecule has 2 N–H and O–H groups in total. The van der Waals surface area contributed by atoms with Gasteiger partial charge in [-0.25, -0.2) is 0 Å². The van der Waals surface area contributed by atoms with E-state index in [1.165, 1.54) is 6.08 Å². The van der Waals surface area contributed by atoms with Crippen molar-refractivity contribution in [3.05, 3.63) is 35.9 Å². The molecule has 0 spiro atoms. The molecule has 0 aromatic heterocycles. The smallest absolute Gasteiger partial charge is 0.305 e. The van der Waals surface area contributed by atoms with Crippen molar-refractivity contribution < 1.29 is 19.4 Å². The van der Waals surface area contributed by atoms with E-state index in [4.69, 9.17) is 9.84 Å². The van der Waals surface area contributed by atoms with Crippen LogP contribution in [0.5, 0.6) is 5.75 Å². The molecule has 0 fully saturated rings. The molecule has 1 amide bonds. The van der Waals surface area contributed by atoms with Crippen molar-refractivity contribution >= 4 is 18.0 Å². The maximum absolute atomic E-state index is 11.5. The van der Waals surface area contributed by atoms with Crippen LogP contribution in [0, 0.1) is 0 Å². The number of amides is 1. The molecular weight excluding hydrogens is 246 g/mol. The predicted octanol–water partition coefficient (Wildman–Crippen LogP) is 1.69. The molecule has 0 saturated carbocycles. The summed E-state index contributed by atoms with van der Waals surface area (Å²) in [7, 11) is 1.59. The summed E-state index contributed by atoms with van der Waals surface area (Å²) < 4.78 is 5.03. The van der Waals surface area contributed by atoms with Gasteiger partial charge in [0.15, 0.2) is 0 Å². The summed E-state index contributed by atoms with van der Waals surface area (Å²) in [4.78, 5) is 22.0. The van der Waals surface area contributed by atoms with E-state index >= 15 is 0 Å². The van der Waals surface area contributed by atoms with E-state index in [1.54, 1.807) is 32.2 Å². The Morgan fingerprint density at radius 1 is 1.37 bits per heavy atom. The highest BCUT2D eigenvalue weighted by atomic mass is 16.5. The summed E-state index contributed by atoms with van der Waals surface area (Å²) in [6, 6.07) is 6.84. The first-order valence-corrected chi connectivity index (χ1v) is 5.85. The first kappa shape index (κ1) is 14.8. The van der Waals surface area contributed by atoms with Crippen LogP contribution in [0.3, 0.4) is 0 Å². The van der Waals surface area contributed by atoms with Crippen molar-refractivity contribution in [1.82, 2.24) is 5.32 Å². The predicted molar refractivity (Wildman–Crippen MR) is 71.9 cm³/mol. The maximum atomic E-state index is 11.5. The Kier molecular flexibility index (Phi) is 5.60. The molecule has 102 valence electrons. The fourth-order valence-corrected chi connectivity index (χ4v) is 1.49. The van der Waals surface area contributed by atoms with E-state index < -0.39 is 12.0 Å². The monoisotopic (exact) mass is 263 g/mol. The van der Waals surface area contributed by atoms with Gasteiger partial charge in [-0.1, -0.05) is 12.1 Å². The molecule has 5 heteroatoms. The van der Waals surface area contributed by atoms with Gasteiger partial charge in [-0.05, 0) is 30.7 Å². The number of nitrogens with one attached hydrogen (secondary N) is 1. The van der Waals surface area contributed by atoms with Crippen LogP contribution >= 0.6 is 0 Å². The SMILES string of the molecule is COc1ccc(/C=C/C(=O)NC(C)CC(=O)O)cc1. The molecular formula is C14H17NO4. The Bertz CT molecular complexity index is 465. The lowest BCUT2D eigenvalue weighted by Crippen LogP contribution is -2.32. The molecule has 1 rings (SSSR count). The highest BCUT2D eigenvalue weighted by molar-refractivity contribution is 5.92. The minimum Gasteiger partial charge on any atom is -0.497 e. The zero-order valence-electron chi connectivity index (χ0n) is 10.9. The van der Waals surface area contributed by atoms with Crippen LogP contribution in [-0.4, -0.2) is 30.1 Å². The van der Waals surface area contributed by atoms with E-state index in [9.17, 15) is 9.59 Å². The summed E-state index contributed by atoms with van der Waals surface area (Å²) >= 11 is 0. The first-order valence-electron chi connectivity index (χ1n) is 5.85. The van der Waals surface area contributed by atoms with Gasteiger partial charge in [0.2, 0.25) is 5.91 Å². The van der Waals surface area contributed by atoms with E-state index in [0.29, 0.717) is 0 Å². The minimum atomic E-state index is -0.938. The highest BCUT2D eigenvalue weighted by Gasteiger charge is 2.08. The minimum absolute atomic E-state index is 0.0951. The van der Waals surface area contributed by atoms with Crippen LogP contribution in [0.15, 0.2) is 30.3 Å². The lowest BCUT2D eigenvalue weighted by Gasteiger charge is -2.08. The van der Waals surface area contributed by atoms with Crippen LogP contribution in [0.4, 0.5) is 0 Å². The lowest BCUT2D eigenvalue weighted by molar-refractivity contribution is -0.137. The molecule has 0 radical (unpaired) electrons. The number of benzene rings is 1. The molecule has 1 aromatic carbocycles. The largest absolute Gasteiger partial charge is 0.497 e. The van der Waals surface area contributed by atoms with Gasteiger partial charge < -0.3 is 15.2 Å². The molecule has 0 heterocycles. The number of rotatable bonds is 6. The number of ether oxygens (including phenoxy) is 1. The molecule has 0 aliphatic rings. The van der Waals surface area contributed by atoms with Crippen molar-refractivity contribution in [3.8, 4) is 5.75 Å². The van der Waals surface area contributed by atoms with Gasteiger partial charge in [0, 0.05) is 12.1 Å². The summed E-state index contributed by atoms with van der Waals surface area (Å²) in [6.45, 7) is 1.65. The van der Waals surface area contributed by atoms with Crippen molar-refractivity contribution in [2.24, 2.45) is 0 Å². The molecule has 1 unspecified atom stereocenters. The third-order valence-corrected chi connectivity index (χ3v) is 2.41. The van der Waals surface area contributed by atoms with Crippen LogP contribution in [-0.2, 0) is 9.59 Å². The molecule has 0 aliphatic carbocycles. The standard InChI is InChI=1S/C14H17NO4/c1-10(9-14(17)18)15-13(16)8-5-11-3-6-12(19-2)7-4-11/h3-8,10H,9H2,1-2H3,(H,15,16)(H,17,18)/b8-5+. The van der Waals surface area contributed by atoms with Gasteiger partial charge in [0.05, 0.1) is 13.5 Å². The molecule has 1 atom stereocenters. The zero-order valence-corrected chi connectivity index (χ0v) is 10.9. The number of carbonyl (C=O) groups is 2. The number of carboxylic acids is 1. The third kappa shape index (κ3) is 5.72. The number of methoxy groups -OCH3 is 1. The van der Waals surface area contributed by atoms with Crippen LogP contribution in [0.2, 0.25) is 0 Å². The number of carboxylic acid groups (broad SMARTS) is 1. The van der Waals surface area contributed by atoms with Gasteiger partial charge in [0.25, 0.3) is 0 Å². The maximum Gasteiger partial charge on any atom is 0.305 e. The Balaban J connectivity index is 2.50. The highest BCUT2D eigenvalue weighted by Crippen LogP contribution is 2.12. The number of hydrogen-bond acceptors (Lipinski definition) is 3. The van der Waals surface area contributed by atoms with Crippen LogP contribution < -0.4 is 10.1 Å².